The number of amides is 1. The zero-order valence-electron chi connectivity index (χ0n) is 13.5. The molecule has 0 saturated carbocycles. The lowest BCUT2D eigenvalue weighted by molar-refractivity contribution is 0.0602. The molecule has 25 heavy (non-hydrogen) atoms. The normalized spacial score (nSPS) is 10.3. The number of methoxy groups -OCH3 is 1. The van der Waals surface area contributed by atoms with E-state index in [4.69, 9.17) is 4.74 Å². The predicted octanol–water partition coefficient (Wildman–Crippen LogP) is 2.37. The number of para-hydroxylation sites is 1. The molecule has 0 fully saturated rings. The van der Waals surface area contributed by atoms with Gasteiger partial charge >= 0.3 is 5.97 Å². The van der Waals surface area contributed by atoms with Crippen LogP contribution < -0.4 is 5.32 Å². The highest BCUT2D eigenvalue weighted by molar-refractivity contribution is 6.06. The minimum absolute atomic E-state index is 0.163. The van der Waals surface area contributed by atoms with E-state index in [1.807, 2.05) is 30.3 Å². The van der Waals surface area contributed by atoms with Gasteiger partial charge in [0, 0.05) is 0 Å². The molecule has 0 aliphatic carbocycles. The number of aromatic nitrogens is 3. The average molecular weight is 336 g/mol. The van der Waals surface area contributed by atoms with Crippen LogP contribution in [0.3, 0.4) is 0 Å². The predicted molar refractivity (Wildman–Crippen MR) is 91.3 cm³/mol. The summed E-state index contributed by atoms with van der Waals surface area (Å²) in [5.74, 6) is -0.973. The number of rotatable bonds is 5. The van der Waals surface area contributed by atoms with E-state index >= 15 is 0 Å². The molecule has 1 N–H and O–H groups in total. The first-order valence-corrected chi connectivity index (χ1v) is 7.60. The number of carbonyl (C=O) groups excluding carboxylic acids is 2. The lowest BCUT2D eigenvalue weighted by Gasteiger charge is -2.08. The number of esters is 1. The molecule has 0 saturated heterocycles. The molecule has 0 unspecified atom stereocenters. The Balaban J connectivity index is 1.74. The second-order valence-electron chi connectivity index (χ2n) is 5.28. The van der Waals surface area contributed by atoms with Crippen molar-refractivity contribution in [3.63, 3.8) is 0 Å². The number of hydrogen-bond donors (Lipinski definition) is 1. The molecule has 126 valence electrons. The van der Waals surface area contributed by atoms with Crippen molar-refractivity contribution in [2.24, 2.45) is 0 Å². The second kappa shape index (κ2) is 7.39. The van der Waals surface area contributed by atoms with E-state index < -0.39 is 11.9 Å². The summed E-state index contributed by atoms with van der Waals surface area (Å²) in [5.41, 5.74) is 1.85. The van der Waals surface area contributed by atoms with Crippen molar-refractivity contribution >= 4 is 17.6 Å². The molecule has 3 aromatic rings. The molecule has 0 bridgehead atoms. The molecule has 2 aromatic carbocycles. The average Bonchev–Trinajstić information content (AvgIpc) is 3.11. The number of ether oxygens (including phenoxy) is 1. The number of anilines is 1. The summed E-state index contributed by atoms with van der Waals surface area (Å²) in [6, 6.07) is 16.3. The van der Waals surface area contributed by atoms with Gasteiger partial charge in [-0.05, 0) is 17.7 Å². The van der Waals surface area contributed by atoms with Gasteiger partial charge in [-0.3, -0.25) is 4.79 Å². The first-order valence-electron chi connectivity index (χ1n) is 7.60. The van der Waals surface area contributed by atoms with E-state index in [9.17, 15) is 9.59 Å². The fourth-order valence-electron chi connectivity index (χ4n) is 2.32. The van der Waals surface area contributed by atoms with Crippen LogP contribution in [-0.2, 0) is 11.3 Å². The van der Waals surface area contributed by atoms with E-state index in [1.54, 1.807) is 35.1 Å². The highest BCUT2D eigenvalue weighted by Crippen LogP contribution is 2.16. The summed E-state index contributed by atoms with van der Waals surface area (Å²) in [6.45, 7) is 0.514. The Labute approximate surface area is 144 Å². The standard InChI is InChI=1S/C18H16N4O3/c1-25-18(24)14-9-5-6-10-15(14)19-17(23)16-12-22(21-20-16)11-13-7-3-2-4-8-13/h2-10,12H,11H2,1H3,(H,19,23). The minimum Gasteiger partial charge on any atom is -0.465 e. The summed E-state index contributed by atoms with van der Waals surface area (Å²) in [5, 5.41) is 10.5. The zero-order valence-corrected chi connectivity index (χ0v) is 13.5. The summed E-state index contributed by atoms with van der Waals surface area (Å²) in [4.78, 5) is 24.1. The van der Waals surface area contributed by atoms with Crippen LogP contribution in [0.4, 0.5) is 5.69 Å². The molecular formula is C18H16N4O3. The van der Waals surface area contributed by atoms with Gasteiger partial charge in [0.25, 0.3) is 5.91 Å². The van der Waals surface area contributed by atoms with Gasteiger partial charge in [-0.25, -0.2) is 9.48 Å². The maximum absolute atomic E-state index is 12.4. The third kappa shape index (κ3) is 3.89. The Hall–Kier alpha value is -3.48. The molecule has 7 heteroatoms. The maximum Gasteiger partial charge on any atom is 0.339 e. The van der Waals surface area contributed by atoms with E-state index in [0.29, 0.717) is 12.2 Å². The quantitative estimate of drug-likeness (QED) is 0.723. The van der Waals surface area contributed by atoms with E-state index in [1.165, 1.54) is 7.11 Å². The van der Waals surface area contributed by atoms with Crippen molar-refractivity contribution in [3.8, 4) is 0 Å². The first-order chi connectivity index (χ1) is 12.2. The molecule has 1 heterocycles. The van der Waals surface area contributed by atoms with Crippen LogP contribution in [0.25, 0.3) is 0 Å². The number of benzene rings is 2. The van der Waals surface area contributed by atoms with Crippen LogP contribution in [0.1, 0.15) is 26.4 Å². The highest BCUT2D eigenvalue weighted by atomic mass is 16.5. The van der Waals surface area contributed by atoms with Crippen LogP contribution in [0.15, 0.2) is 60.8 Å². The third-order valence-corrected chi connectivity index (χ3v) is 3.54. The Kier molecular flexibility index (Phi) is 4.84. The van der Waals surface area contributed by atoms with Crippen molar-refractivity contribution in [2.75, 3.05) is 12.4 Å². The van der Waals surface area contributed by atoms with Crippen molar-refractivity contribution in [1.29, 1.82) is 0 Å². The van der Waals surface area contributed by atoms with Crippen molar-refractivity contribution in [2.45, 2.75) is 6.54 Å². The van der Waals surface area contributed by atoms with E-state index in [-0.39, 0.29) is 11.3 Å². The number of nitrogens with zero attached hydrogens (tertiary/aromatic N) is 3. The van der Waals surface area contributed by atoms with Gasteiger partial charge in [0.15, 0.2) is 5.69 Å². The number of carbonyl (C=O) groups is 2. The van der Waals surface area contributed by atoms with Gasteiger partial charge < -0.3 is 10.1 Å². The van der Waals surface area contributed by atoms with Gasteiger partial charge in [-0.2, -0.15) is 0 Å². The monoisotopic (exact) mass is 336 g/mol. The topological polar surface area (TPSA) is 86.1 Å². The Morgan fingerprint density at radius 2 is 1.80 bits per heavy atom. The fraction of sp³-hybridized carbons (Fsp3) is 0.111. The smallest absolute Gasteiger partial charge is 0.339 e. The van der Waals surface area contributed by atoms with Gasteiger partial charge in [0.1, 0.15) is 0 Å². The highest BCUT2D eigenvalue weighted by Gasteiger charge is 2.16. The van der Waals surface area contributed by atoms with E-state index in [2.05, 4.69) is 15.6 Å². The van der Waals surface area contributed by atoms with Gasteiger partial charge in [0.05, 0.1) is 31.1 Å². The summed E-state index contributed by atoms with van der Waals surface area (Å²) < 4.78 is 6.29. The van der Waals surface area contributed by atoms with Gasteiger partial charge in [0.2, 0.25) is 0 Å². The lowest BCUT2D eigenvalue weighted by Crippen LogP contribution is -2.15. The Morgan fingerprint density at radius 1 is 1.08 bits per heavy atom. The molecule has 0 radical (unpaired) electrons. The maximum atomic E-state index is 12.4. The summed E-state index contributed by atoms with van der Waals surface area (Å²) in [7, 11) is 1.29. The third-order valence-electron chi connectivity index (χ3n) is 3.54. The first kappa shape index (κ1) is 16.4. The molecule has 0 spiro atoms. The largest absolute Gasteiger partial charge is 0.465 e. The summed E-state index contributed by atoms with van der Waals surface area (Å²) >= 11 is 0. The van der Waals surface area contributed by atoms with Gasteiger partial charge in [-0.15, -0.1) is 5.10 Å². The van der Waals surface area contributed by atoms with Crippen LogP contribution >= 0.6 is 0 Å². The number of hydrogen-bond acceptors (Lipinski definition) is 5. The molecule has 0 atom stereocenters. The Bertz CT molecular complexity index is 890. The second-order valence-corrected chi connectivity index (χ2v) is 5.28. The van der Waals surface area contributed by atoms with Crippen LogP contribution in [0.2, 0.25) is 0 Å². The molecule has 3 rings (SSSR count). The molecule has 7 nitrogen and oxygen atoms in total. The van der Waals surface area contributed by atoms with Crippen LogP contribution in [0.5, 0.6) is 0 Å². The number of nitrogens with one attached hydrogen (secondary N) is 1. The fourth-order valence-corrected chi connectivity index (χ4v) is 2.32. The SMILES string of the molecule is COC(=O)c1ccccc1NC(=O)c1cn(Cc2ccccc2)nn1. The molecule has 1 aromatic heterocycles. The summed E-state index contributed by atoms with van der Waals surface area (Å²) in [6.07, 6.45) is 1.56. The van der Waals surface area contributed by atoms with Crippen LogP contribution in [0, 0.1) is 0 Å². The van der Waals surface area contributed by atoms with E-state index in [0.717, 1.165) is 5.56 Å². The molecular weight excluding hydrogens is 320 g/mol. The van der Waals surface area contributed by atoms with Crippen molar-refractivity contribution in [3.05, 3.63) is 77.6 Å². The van der Waals surface area contributed by atoms with Crippen molar-refractivity contribution in [1.82, 2.24) is 15.0 Å². The molecule has 0 aliphatic heterocycles. The minimum atomic E-state index is -0.524. The van der Waals surface area contributed by atoms with Gasteiger partial charge in [-0.1, -0.05) is 47.7 Å². The molecule has 1 amide bonds. The van der Waals surface area contributed by atoms with Crippen molar-refractivity contribution < 1.29 is 14.3 Å². The van der Waals surface area contributed by atoms with Crippen LogP contribution in [-0.4, -0.2) is 34.0 Å². The molecule has 0 aliphatic rings. The zero-order chi connectivity index (χ0) is 17.6. The Morgan fingerprint density at radius 3 is 2.56 bits per heavy atom. The lowest BCUT2D eigenvalue weighted by atomic mass is 10.2.